The highest BCUT2D eigenvalue weighted by Gasteiger charge is 2.23. The van der Waals surface area contributed by atoms with E-state index in [1.807, 2.05) is 13.1 Å². The molecular weight excluding hydrogens is 418 g/mol. The Labute approximate surface area is 176 Å². The van der Waals surface area contributed by atoms with E-state index in [-0.39, 0.29) is 0 Å². The first-order valence-electron chi connectivity index (χ1n) is 9.61. The van der Waals surface area contributed by atoms with Crippen LogP contribution in [0.15, 0.2) is 46.0 Å². The summed E-state index contributed by atoms with van der Waals surface area (Å²) in [6.45, 7) is 3.85. The van der Waals surface area contributed by atoms with E-state index in [9.17, 15) is 0 Å². The summed E-state index contributed by atoms with van der Waals surface area (Å²) in [5, 5.41) is 3.56. The highest BCUT2D eigenvalue weighted by atomic mass is 79.9. The number of aromatic nitrogens is 1. The molecule has 7 heteroatoms. The van der Waals surface area contributed by atoms with Gasteiger partial charge in [-0.1, -0.05) is 6.07 Å². The number of halogens is 1. The molecule has 1 N–H and O–H groups in total. The Hall–Kier alpha value is -2.15. The lowest BCUT2D eigenvalue weighted by Crippen LogP contribution is -2.41. The summed E-state index contributed by atoms with van der Waals surface area (Å²) < 4.78 is 8.59. The standard InChI is InChI=1S/C21H30BrN5O/c1-23-21(26(3)15-19-10-17(22)14-25(19)2)24-12-16-8-9-27(13-16)18-6-5-7-20(11-18)28-4/h5-7,10-11,14,16H,8-9,12-13,15H2,1-4H3,(H,23,24). The van der Waals surface area contributed by atoms with Crippen molar-refractivity contribution in [3.05, 3.63) is 46.7 Å². The number of hydrogen-bond acceptors (Lipinski definition) is 3. The van der Waals surface area contributed by atoms with Gasteiger partial charge in [-0.15, -0.1) is 0 Å². The van der Waals surface area contributed by atoms with E-state index in [1.165, 1.54) is 17.8 Å². The zero-order valence-corrected chi connectivity index (χ0v) is 18.7. The molecule has 0 spiro atoms. The fourth-order valence-corrected chi connectivity index (χ4v) is 4.27. The van der Waals surface area contributed by atoms with Crippen molar-refractivity contribution >= 4 is 27.6 Å². The Bertz CT molecular complexity index is 819. The number of benzene rings is 1. The van der Waals surface area contributed by atoms with Crippen molar-refractivity contribution in [2.24, 2.45) is 18.0 Å². The Morgan fingerprint density at radius 2 is 2.21 bits per heavy atom. The van der Waals surface area contributed by atoms with Crippen LogP contribution in [0, 0.1) is 5.92 Å². The van der Waals surface area contributed by atoms with Gasteiger partial charge in [0.2, 0.25) is 0 Å². The molecule has 1 aromatic carbocycles. The van der Waals surface area contributed by atoms with E-state index < -0.39 is 0 Å². The van der Waals surface area contributed by atoms with Crippen molar-refractivity contribution in [1.29, 1.82) is 0 Å². The molecule has 3 rings (SSSR count). The predicted octanol–water partition coefficient (Wildman–Crippen LogP) is 3.33. The summed E-state index contributed by atoms with van der Waals surface area (Å²) in [7, 11) is 7.70. The van der Waals surface area contributed by atoms with Gasteiger partial charge in [-0.3, -0.25) is 4.99 Å². The lowest BCUT2D eigenvalue weighted by Gasteiger charge is -2.24. The third-order valence-electron chi connectivity index (χ3n) is 5.30. The van der Waals surface area contributed by atoms with Crippen molar-refractivity contribution in [2.75, 3.05) is 45.7 Å². The van der Waals surface area contributed by atoms with Gasteiger partial charge in [-0.05, 0) is 46.5 Å². The first kappa shape index (κ1) is 20.6. The maximum absolute atomic E-state index is 5.35. The quantitative estimate of drug-likeness (QED) is 0.544. The molecule has 0 saturated carbocycles. The molecular formula is C21H30BrN5O. The smallest absolute Gasteiger partial charge is 0.193 e. The van der Waals surface area contributed by atoms with E-state index >= 15 is 0 Å². The third kappa shape index (κ3) is 5.01. The Balaban J connectivity index is 1.52. The summed E-state index contributed by atoms with van der Waals surface area (Å²) in [5.74, 6) is 2.44. The molecule has 2 aromatic rings. The molecule has 1 atom stereocenters. The number of rotatable bonds is 6. The molecule has 1 aromatic heterocycles. The van der Waals surface area contributed by atoms with E-state index in [4.69, 9.17) is 4.74 Å². The summed E-state index contributed by atoms with van der Waals surface area (Å²) in [5.41, 5.74) is 2.47. The first-order chi connectivity index (χ1) is 13.5. The molecule has 0 bridgehead atoms. The monoisotopic (exact) mass is 447 g/mol. The number of aliphatic imine (C=N–C) groups is 1. The van der Waals surface area contributed by atoms with Gasteiger partial charge in [-0.2, -0.15) is 0 Å². The third-order valence-corrected chi connectivity index (χ3v) is 5.73. The lowest BCUT2D eigenvalue weighted by atomic mass is 10.1. The summed E-state index contributed by atoms with van der Waals surface area (Å²) in [6, 6.07) is 10.5. The zero-order valence-electron chi connectivity index (χ0n) is 17.2. The number of hydrogen-bond donors (Lipinski definition) is 1. The molecule has 1 aliphatic rings. The maximum Gasteiger partial charge on any atom is 0.193 e. The number of nitrogens with one attached hydrogen (secondary N) is 1. The summed E-state index contributed by atoms with van der Waals surface area (Å²) in [6.07, 6.45) is 3.25. The minimum Gasteiger partial charge on any atom is -0.497 e. The highest BCUT2D eigenvalue weighted by molar-refractivity contribution is 9.10. The Kier molecular flexibility index (Phi) is 6.88. The molecule has 0 radical (unpaired) electrons. The molecule has 28 heavy (non-hydrogen) atoms. The van der Waals surface area contributed by atoms with Crippen LogP contribution in [0.25, 0.3) is 0 Å². The van der Waals surface area contributed by atoms with Crippen LogP contribution in [0.3, 0.4) is 0 Å². The van der Waals surface area contributed by atoms with Gasteiger partial charge in [0.15, 0.2) is 5.96 Å². The van der Waals surface area contributed by atoms with Gasteiger partial charge in [0, 0.05) is 68.9 Å². The first-order valence-corrected chi connectivity index (χ1v) is 10.4. The van der Waals surface area contributed by atoms with Crippen LogP contribution in [0.4, 0.5) is 5.69 Å². The highest BCUT2D eigenvalue weighted by Crippen LogP contribution is 2.26. The van der Waals surface area contributed by atoms with Crippen LogP contribution < -0.4 is 15.0 Å². The van der Waals surface area contributed by atoms with Crippen molar-refractivity contribution in [3.8, 4) is 5.75 Å². The van der Waals surface area contributed by atoms with Crippen molar-refractivity contribution in [2.45, 2.75) is 13.0 Å². The van der Waals surface area contributed by atoms with Gasteiger partial charge in [0.25, 0.3) is 0 Å². The van der Waals surface area contributed by atoms with Crippen molar-refractivity contribution < 1.29 is 4.74 Å². The number of methoxy groups -OCH3 is 1. The van der Waals surface area contributed by atoms with E-state index in [1.54, 1.807) is 7.11 Å². The minimum atomic E-state index is 0.598. The maximum atomic E-state index is 5.35. The average molecular weight is 448 g/mol. The second-order valence-corrected chi connectivity index (χ2v) is 8.26. The zero-order chi connectivity index (χ0) is 20.1. The SMILES string of the molecule is CN=C(NCC1CCN(c2cccc(OC)c2)C1)N(C)Cc1cc(Br)cn1C. The molecule has 0 amide bonds. The van der Waals surface area contributed by atoms with E-state index in [0.29, 0.717) is 5.92 Å². The molecule has 6 nitrogen and oxygen atoms in total. The molecule has 0 aliphatic carbocycles. The van der Waals surface area contributed by atoms with Crippen LogP contribution in [-0.4, -0.2) is 56.3 Å². The second-order valence-electron chi connectivity index (χ2n) is 7.35. The van der Waals surface area contributed by atoms with Gasteiger partial charge in [-0.25, -0.2) is 0 Å². The molecule has 1 unspecified atom stereocenters. The Morgan fingerprint density at radius 1 is 1.39 bits per heavy atom. The summed E-state index contributed by atoms with van der Waals surface area (Å²) in [4.78, 5) is 9.06. The predicted molar refractivity (Wildman–Crippen MR) is 119 cm³/mol. The Morgan fingerprint density at radius 3 is 2.89 bits per heavy atom. The van der Waals surface area contributed by atoms with E-state index in [0.717, 1.165) is 42.4 Å². The largest absolute Gasteiger partial charge is 0.497 e. The molecule has 152 valence electrons. The van der Waals surface area contributed by atoms with Crippen LogP contribution in [0.1, 0.15) is 12.1 Å². The topological polar surface area (TPSA) is 45.0 Å². The molecule has 1 fully saturated rings. The molecule has 1 saturated heterocycles. The fourth-order valence-electron chi connectivity index (χ4n) is 3.70. The van der Waals surface area contributed by atoms with Gasteiger partial charge in [0.05, 0.1) is 13.7 Å². The molecule has 2 heterocycles. The van der Waals surface area contributed by atoms with Gasteiger partial charge in [0.1, 0.15) is 5.75 Å². The lowest BCUT2D eigenvalue weighted by molar-refractivity contribution is 0.415. The molecule has 1 aliphatic heterocycles. The summed E-state index contributed by atoms with van der Waals surface area (Å²) >= 11 is 3.54. The number of nitrogens with zero attached hydrogens (tertiary/aromatic N) is 4. The number of ether oxygens (including phenoxy) is 1. The average Bonchev–Trinajstić information content (AvgIpc) is 3.28. The number of guanidine groups is 1. The fraction of sp³-hybridized carbons (Fsp3) is 0.476. The normalized spacial score (nSPS) is 17.1. The van der Waals surface area contributed by atoms with Crippen LogP contribution >= 0.6 is 15.9 Å². The number of anilines is 1. The van der Waals surface area contributed by atoms with E-state index in [2.05, 4.69) is 85.2 Å². The van der Waals surface area contributed by atoms with Crippen molar-refractivity contribution in [1.82, 2.24) is 14.8 Å². The van der Waals surface area contributed by atoms with Crippen LogP contribution in [0.2, 0.25) is 0 Å². The second kappa shape index (κ2) is 9.37. The number of aryl methyl sites for hydroxylation is 1. The van der Waals surface area contributed by atoms with Crippen LogP contribution in [0.5, 0.6) is 5.75 Å². The van der Waals surface area contributed by atoms with Gasteiger partial charge >= 0.3 is 0 Å². The van der Waals surface area contributed by atoms with Crippen molar-refractivity contribution in [3.63, 3.8) is 0 Å². The van der Waals surface area contributed by atoms with Gasteiger partial charge < -0.3 is 24.4 Å². The van der Waals surface area contributed by atoms with Crippen LogP contribution in [-0.2, 0) is 13.6 Å². The minimum absolute atomic E-state index is 0.598.